The van der Waals surface area contributed by atoms with E-state index in [0.717, 1.165) is 17.4 Å². The molecule has 0 aliphatic carbocycles. The zero-order valence-electron chi connectivity index (χ0n) is 19.5. The average Bonchev–Trinajstić information content (AvgIpc) is 2.86. The Morgan fingerprint density at radius 1 is 0.971 bits per heavy atom. The van der Waals surface area contributed by atoms with Crippen molar-refractivity contribution in [1.29, 1.82) is 0 Å². The third kappa shape index (κ3) is 5.81. The van der Waals surface area contributed by atoms with Gasteiger partial charge in [-0.2, -0.15) is 0 Å². The fourth-order valence-electron chi connectivity index (χ4n) is 3.79. The standard InChI is InChI=1S/C26H27N3O5S/c1-28(35(2,32)33)21-14-12-19(13-15-21)16-25(30)29-18-24(34-23-11-7-6-10-22(23)29)26(31)27-17-20-8-4-3-5-9-20/h3-15,24H,16-18H2,1-2H3,(H,27,31)/t24-/m1/s1. The van der Waals surface area contributed by atoms with Crippen molar-refractivity contribution in [3.8, 4) is 5.75 Å². The Labute approximate surface area is 205 Å². The summed E-state index contributed by atoms with van der Waals surface area (Å²) in [4.78, 5) is 27.7. The van der Waals surface area contributed by atoms with Crippen molar-refractivity contribution in [3.05, 3.63) is 90.0 Å². The zero-order chi connectivity index (χ0) is 25.0. The molecular weight excluding hydrogens is 466 g/mol. The van der Waals surface area contributed by atoms with Crippen LogP contribution in [0, 0.1) is 0 Å². The number of fused-ring (bicyclic) bond motifs is 1. The topological polar surface area (TPSA) is 96.0 Å². The van der Waals surface area contributed by atoms with Crippen LogP contribution >= 0.6 is 0 Å². The van der Waals surface area contributed by atoms with Crippen LogP contribution in [-0.2, 0) is 32.6 Å². The number of nitrogens with zero attached hydrogens (tertiary/aromatic N) is 2. The fourth-order valence-corrected chi connectivity index (χ4v) is 4.30. The van der Waals surface area contributed by atoms with Crippen molar-refractivity contribution < 1.29 is 22.7 Å². The molecule has 0 unspecified atom stereocenters. The summed E-state index contributed by atoms with van der Waals surface area (Å²) >= 11 is 0. The molecule has 0 spiro atoms. The first-order valence-corrected chi connectivity index (χ1v) is 13.0. The fraction of sp³-hybridized carbons (Fsp3) is 0.231. The van der Waals surface area contributed by atoms with Crippen LogP contribution in [0.4, 0.5) is 11.4 Å². The van der Waals surface area contributed by atoms with E-state index in [2.05, 4.69) is 5.32 Å². The van der Waals surface area contributed by atoms with Gasteiger partial charge in [-0.1, -0.05) is 54.6 Å². The number of anilines is 2. The molecule has 0 saturated heterocycles. The van der Waals surface area contributed by atoms with Crippen LogP contribution in [0.25, 0.3) is 0 Å². The number of carbonyl (C=O) groups is 2. The maximum Gasteiger partial charge on any atom is 0.263 e. The lowest BCUT2D eigenvalue weighted by molar-refractivity contribution is -0.128. The number of para-hydroxylation sites is 2. The maximum atomic E-state index is 13.3. The first-order valence-electron chi connectivity index (χ1n) is 11.1. The van der Waals surface area contributed by atoms with Gasteiger partial charge in [0, 0.05) is 13.6 Å². The highest BCUT2D eigenvalue weighted by atomic mass is 32.2. The van der Waals surface area contributed by atoms with E-state index in [-0.39, 0.29) is 24.8 Å². The lowest BCUT2D eigenvalue weighted by atomic mass is 10.1. The van der Waals surface area contributed by atoms with Crippen LogP contribution in [-0.4, -0.2) is 46.2 Å². The smallest absolute Gasteiger partial charge is 0.263 e. The molecule has 3 aromatic rings. The number of amides is 2. The van der Waals surface area contributed by atoms with Gasteiger partial charge in [0.2, 0.25) is 15.9 Å². The number of hydrogen-bond acceptors (Lipinski definition) is 5. The van der Waals surface area contributed by atoms with E-state index >= 15 is 0 Å². The maximum absolute atomic E-state index is 13.3. The van der Waals surface area contributed by atoms with Crippen LogP contribution in [0.1, 0.15) is 11.1 Å². The van der Waals surface area contributed by atoms with Crippen molar-refractivity contribution in [2.24, 2.45) is 0 Å². The van der Waals surface area contributed by atoms with Crippen molar-refractivity contribution >= 4 is 33.2 Å². The predicted molar refractivity (Wildman–Crippen MR) is 135 cm³/mol. The van der Waals surface area contributed by atoms with E-state index < -0.39 is 16.1 Å². The van der Waals surface area contributed by atoms with Gasteiger partial charge in [0.15, 0.2) is 6.10 Å². The number of sulfonamides is 1. The van der Waals surface area contributed by atoms with Crippen molar-refractivity contribution in [3.63, 3.8) is 0 Å². The molecule has 4 rings (SSSR count). The van der Waals surface area contributed by atoms with Gasteiger partial charge in [-0.15, -0.1) is 0 Å². The molecule has 9 heteroatoms. The summed E-state index contributed by atoms with van der Waals surface area (Å²) < 4.78 is 30.6. The largest absolute Gasteiger partial charge is 0.477 e. The quantitative estimate of drug-likeness (QED) is 0.546. The van der Waals surface area contributed by atoms with E-state index in [4.69, 9.17) is 4.74 Å². The van der Waals surface area contributed by atoms with Crippen molar-refractivity contribution in [1.82, 2.24) is 5.32 Å². The van der Waals surface area contributed by atoms with Gasteiger partial charge in [0.05, 0.1) is 30.6 Å². The molecule has 1 N–H and O–H groups in total. The Morgan fingerprint density at radius 2 is 1.63 bits per heavy atom. The molecule has 35 heavy (non-hydrogen) atoms. The minimum absolute atomic E-state index is 0.0887. The lowest BCUT2D eigenvalue weighted by Gasteiger charge is -2.34. The number of benzene rings is 3. The molecule has 1 heterocycles. The van der Waals surface area contributed by atoms with Gasteiger partial charge < -0.3 is 15.0 Å². The van der Waals surface area contributed by atoms with Crippen LogP contribution in [0.3, 0.4) is 0 Å². The molecule has 8 nitrogen and oxygen atoms in total. The van der Waals surface area contributed by atoms with Gasteiger partial charge in [0.25, 0.3) is 5.91 Å². The third-order valence-electron chi connectivity index (χ3n) is 5.83. The Morgan fingerprint density at radius 3 is 2.31 bits per heavy atom. The molecule has 1 aliphatic heterocycles. The molecule has 1 atom stereocenters. The van der Waals surface area contributed by atoms with Gasteiger partial charge in [-0.3, -0.25) is 13.9 Å². The summed E-state index contributed by atoms with van der Waals surface area (Å²) in [7, 11) is -1.90. The van der Waals surface area contributed by atoms with E-state index in [1.165, 1.54) is 11.4 Å². The second-order valence-corrected chi connectivity index (χ2v) is 10.4. The first-order chi connectivity index (χ1) is 16.7. The average molecular weight is 494 g/mol. The molecule has 0 fully saturated rings. The van der Waals surface area contributed by atoms with E-state index in [1.54, 1.807) is 47.4 Å². The number of nitrogens with one attached hydrogen (secondary N) is 1. The monoisotopic (exact) mass is 493 g/mol. The SMILES string of the molecule is CN(c1ccc(CC(=O)N2C[C@H](C(=O)NCc3ccccc3)Oc3ccccc32)cc1)S(C)(=O)=O. The lowest BCUT2D eigenvalue weighted by Crippen LogP contribution is -2.51. The third-order valence-corrected chi connectivity index (χ3v) is 7.04. The second-order valence-electron chi connectivity index (χ2n) is 8.36. The van der Waals surface area contributed by atoms with E-state index in [1.807, 2.05) is 36.4 Å². The van der Waals surface area contributed by atoms with Gasteiger partial charge in [-0.05, 0) is 35.4 Å². The first kappa shape index (κ1) is 24.3. The Balaban J connectivity index is 1.47. The Hall–Kier alpha value is -3.85. The zero-order valence-corrected chi connectivity index (χ0v) is 20.4. The summed E-state index contributed by atoms with van der Waals surface area (Å²) in [6.45, 7) is 0.453. The van der Waals surface area contributed by atoms with Gasteiger partial charge >= 0.3 is 0 Å². The molecule has 1 aliphatic rings. The minimum atomic E-state index is -3.37. The molecule has 0 saturated carbocycles. The number of rotatable bonds is 7. The summed E-state index contributed by atoms with van der Waals surface area (Å²) in [5.74, 6) is -0.0164. The highest BCUT2D eigenvalue weighted by Crippen LogP contribution is 2.33. The molecule has 182 valence electrons. The normalized spacial score (nSPS) is 15.0. The Bertz CT molecular complexity index is 1310. The summed E-state index contributed by atoms with van der Waals surface area (Å²) in [6.07, 6.45) is 0.380. The highest BCUT2D eigenvalue weighted by molar-refractivity contribution is 7.92. The van der Waals surface area contributed by atoms with E-state index in [9.17, 15) is 18.0 Å². The second kappa shape index (κ2) is 10.2. The molecule has 0 radical (unpaired) electrons. The van der Waals surface area contributed by atoms with Gasteiger partial charge in [0.1, 0.15) is 5.75 Å². The number of hydrogen-bond donors (Lipinski definition) is 1. The summed E-state index contributed by atoms with van der Waals surface area (Å²) in [6, 6.07) is 23.5. The summed E-state index contributed by atoms with van der Waals surface area (Å²) in [5, 5.41) is 2.88. The van der Waals surface area contributed by atoms with Gasteiger partial charge in [-0.25, -0.2) is 8.42 Å². The predicted octanol–water partition coefficient (Wildman–Crippen LogP) is 2.74. The summed E-state index contributed by atoms with van der Waals surface area (Å²) in [5.41, 5.74) is 2.82. The number of carbonyl (C=O) groups excluding carboxylic acids is 2. The molecule has 2 amide bonds. The van der Waals surface area contributed by atoms with E-state index in [0.29, 0.717) is 23.7 Å². The van der Waals surface area contributed by atoms with Crippen LogP contribution in [0.2, 0.25) is 0 Å². The Kier molecular flexibility index (Phi) is 7.07. The molecular formula is C26H27N3O5S. The minimum Gasteiger partial charge on any atom is -0.477 e. The van der Waals surface area contributed by atoms with Crippen molar-refractivity contribution in [2.75, 3.05) is 29.1 Å². The highest BCUT2D eigenvalue weighted by Gasteiger charge is 2.33. The van der Waals surface area contributed by atoms with Crippen LogP contribution in [0.5, 0.6) is 5.75 Å². The molecule has 3 aromatic carbocycles. The van der Waals surface area contributed by atoms with Crippen molar-refractivity contribution in [2.45, 2.75) is 19.1 Å². The van der Waals surface area contributed by atoms with Crippen LogP contribution < -0.4 is 19.3 Å². The number of ether oxygens (including phenoxy) is 1. The molecule has 0 aromatic heterocycles. The van der Waals surface area contributed by atoms with Crippen LogP contribution in [0.15, 0.2) is 78.9 Å². The molecule has 0 bridgehead atoms.